The molecule has 0 saturated carbocycles. The highest BCUT2D eigenvalue weighted by Gasteiger charge is 2.27. The Morgan fingerprint density at radius 1 is 1.33 bits per heavy atom. The maximum absolute atomic E-state index is 9.60. The summed E-state index contributed by atoms with van der Waals surface area (Å²) in [7, 11) is 0. The molecule has 0 aliphatic heterocycles. The summed E-state index contributed by atoms with van der Waals surface area (Å²) >= 11 is 6.13. The van der Waals surface area contributed by atoms with Crippen LogP contribution < -0.4 is 5.32 Å². The zero-order chi connectivity index (χ0) is 13.8. The number of aromatic nitrogens is 2. The Hall–Kier alpha value is -0.870. The average molecular weight is 272 g/mol. The number of rotatable bonds is 6. The molecule has 4 nitrogen and oxygen atoms in total. The Morgan fingerprint density at radius 2 is 1.94 bits per heavy atom. The molecule has 2 N–H and O–H groups in total. The summed E-state index contributed by atoms with van der Waals surface area (Å²) in [6, 6.07) is 0. The molecule has 0 fully saturated rings. The van der Waals surface area contributed by atoms with Crippen LogP contribution in [-0.4, -0.2) is 27.2 Å². The van der Waals surface area contributed by atoms with Gasteiger partial charge in [-0.1, -0.05) is 39.3 Å². The lowest BCUT2D eigenvalue weighted by Crippen LogP contribution is -2.41. The molecule has 18 heavy (non-hydrogen) atoms. The number of nitrogens with zero attached hydrogens (tertiary/aromatic N) is 2. The minimum Gasteiger partial charge on any atom is -0.394 e. The number of nitrogens with one attached hydrogen (secondary N) is 1. The van der Waals surface area contributed by atoms with Crippen molar-refractivity contribution >= 4 is 17.4 Å². The Balaban J connectivity index is 3.14. The summed E-state index contributed by atoms with van der Waals surface area (Å²) in [5.74, 6) is 0.953. The van der Waals surface area contributed by atoms with Crippen LogP contribution in [0.1, 0.15) is 52.0 Å². The van der Waals surface area contributed by atoms with Crippen LogP contribution in [0.3, 0.4) is 0 Å². The maximum atomic E-state index is 9.60. The number of anilines is 1. The van der Waals surface area contributed by atoms with Gasteiger partial charge in [0.05, 0.1) is 12.1 Å². The molecule has 1 heterocycles. The van der Waals surface area contributed by atoms with Gasteiger partial charge in [0.1, 0.15) is 17.3 Å². The van der Waals surface area contributed by atoms with E-state index >= 15 is 0 Å². The van der Waals surface area contributed by atoms with Gasteiger partial charge in [-0.15, -0.1) is 0 Å². The van der Waals surface area contributed by atoms with E-state index in [4.69, 9.17) is 11.6 Å². The Bertz CT molecular complexity index is 384. The quantitative estimate of drug-likeness (QED) is 0.780. The van der Waals surface area contributed by atoms with Gasteiger partial charge in [0.2, 0.25) is 0 Å². The van der Waals surface area contributed by atoms with E-state index in [0.29, 0.717) is 5.15 Å². The van der Waals surface area contributed by atoms with Crippen molar-refractivity contribution in [3.05, 3.63) is 17.0 Å². The SMILES string of the molecule is CCC(CC)(CO)Nc1ncnc(Cl)c1C(C)C. The van der Waals surface area contributed by atoms with Crippen molar-refractivity contribution in [2.45, 2.75) is 52.0 Å². The van der Waals surface area contributed by atoms with E-state index in [1.165, 1.54) is 6.33 Å². The molecule has 0 saturated heterocycles. The van der Waals surface area contributed by atoms with Crippen LogP contribution in [0.5, 0.6) is 0 Å². The first-order valence-corrected chi connectivity index (χ1v) is 6.77. The van der Waals surface area contributed by atoms with E-state index in [9.17, 15) is 5.11 Å². The third-order valence-corrected chi connectivity index (χ3v) is 3.75. The first-order chi connectivity index (χ1) is 8.49. The second-order valence-electron chi connectivity index (χ2n) is 4.85. The molecular formula is C13H22ClN3O. The van der Waals surface area contributed by atoms with E-state index in [1.54, 1.807) is 0 Å². The van der Waals surface area contributed by atoms with E-state index in [2.05, 4.69) is 15.3 Å². The highest BCUT2D eigenvalue weighted by atomic mass is 35.5. The number of halogens is 1. The van der Waals surface area contributed by atoms with Gasteiger partial charge in [-0.05, 0) is 18.8 Å². The van der Waals surface area contributed by atoms with Crippen molar-refractivity contribution < 1.29 is 5.11 Å². The second-order valence-corrected chi connectivity index (χ2v) is 5.21. The summed E-state index contributed by atoms with van der Waals surface area (Å²) in [6.45, 7) is 8.26. The number of hydrogen-bond donors (Lipinski definition) is 2. The Morgan fingerprint density at radius 3 is 2.39 bits per heavy atom. The molecule has 0 radical (unpaired) electrons. The third-order valence-electron chi connectivity index (χ3n) is 3.45. The first-order valence-electron chi connectivity index (χ1n) is 6.39. The molecule has 0 unspecified atom stereocenters. The van der Waals surface area contributed by atoms with Crippen LogP contribution >= 0.6 is 11.6 Å². The lowest BCUT2D eigenvalue weighted by molar-refractivity contribution is 0.202. The molecule has 102 valence electrons. The van der Waals surface area contributed by atoms with Gasteiger partial charge in [-0.2, -0.15) is 0 Å². The molecule has 0 aromatic carbocycles. The molecule has 5 heteroatoms. The van der Waals surface area contributed by atoms with Gasteiger partial charge in [0, 0.05) is 5.56 Å². The van der Waals surface area contributed by atoms with Gasteiger partial charge in [-0.25, -0.2) is 9.97 Å². The lowest BCUT2D eigenvalue weighted by atomic mass is 9.93. The second kappa shape index (κ2) is 6.34. The molecular weight excluding hydrogens is 250 g/mol. The van der Waals surface area contributed by atoms with Crippen LogP contribution in [0.25, 0.3) is 0 Å². The molecule has 0 aliphatic rings. The zero-order valence-corrected chi connectivity index (χ0v) is 12.3. The van der Waals surface area contributed by atoms with Crippen molar-refractivity contribution in [1.82, 2.24) is 9.97 Å². The fourth-order valence-corrected chi connectivity index (χ4v) is 2.28. The highest BCUT2D eigenvalue weighted by molar-refractivity contribution is 6.30. The fraction of sp³-hybridized carbons (Fsp3) is 0.692. The summed E-state index contributed by atoms with van der Waals surface area (Å²) in [5.41, 5.74) is 0.556. The van der Waals surface area contributed by atoms with Gasteiger partial charge >= 0.3 is 0 Å². The van der Waals surface area contributed by atoms with Gasteiger partial charge in [0.25, 0.3) is 0 Å². The van der Waals surface area contributed by atoms with Crippen molar-refractivity contribution in [3.63, 3.8) is 0 Å². The lowest BCUT2D eigenvalue weighted by Gasteiger charge is -2.32. The molecule has 1 rings (SSSR count). The molecule has 1 aromatic rings. The van der Waals surface area contributed by atoms with Crippen LogP contribution in [0, 0.1) is 0 Å². The minimum absolute atomic E-state index is 0.0686. The smallest absolute Gasteiger partial charge is 0.138 e. The fourth-order valence-electron chi connectivity index (χ4n) is 1.93. The summed E-state index contributed by atoms with van der Waals surface area (Å²) in [4.78, 5) is 8.29. The van der Waals surface area contributed by atoms with E-state index in [-0.39, 0.29) is 18.1 Å². The van der Waals surface area contributed by atoms with Crippen molar-refractivity contribution in [2.24, 2.45) is 0 Å². The first kappa shape index (κ1) is 15.2. The topological polar surface area (TPSA) is 58.0 Å². The van der Waals surface area contributed by atoms with Gasteiger partial charge in [0.15, 0.2) is 0 Å². The van der Waals surface area contributed by atoms with Crippen LogP contribution in [0.4, 0.5) is 5.82 Å². The zero-order valence-electron chi connectivity index (χ0n) is 11.5. The molecule has 0 atom stereocenters. The minimum atomic E-state index is -0.346. The van der Waals surface area contributed by atoms with Crippen LogP contribution in [-0.2, 0) is 0 Å². The van der Waals surface area contributed by atoms with E-state index < -0.39 is 0 Å². The molecule has 0 spiro atoms. The standard InChI is InChI=1S/C13H22ClN3O/c1-5-13(6-2,7-18)17-12-10(9(3)4)11(14)15-8-16-12/h8-9,18H,5-7H2,1-4H3,(H,15,16,17). The van der Waals surface area contributed by atoms with Gasteiger partial charge in [-0.3, -0.25) is 0 Å². The monoisotopic (exact) mass is 271 g/mol. The Kier molecular flexibility index (Phi) is 5.35. The van der Waals surface area contributed by atoms with E-state index in [0.717, 1.165) is 24.2 Å². The van der Waals surface area contributed by atoms with Crippen molar-refractivity contribution in [3.8, 4) is 0 Å². The maximum Gasteiger partial charge on any atom is 0.138 e. The van der Waals surface area contributed by atoms with Gasteiger partial charge < -0.3 is 10.4 Å². The number of hydrogen-bond acceptors (Lipinski definition) is 4. The summed E-state index contributed by atoms with van der Waals surface area (Å²) in [6.07, 6.45) is 3.09. The Labute approximate surface area is 114 Å². The molecule has 0 aliphatic carbocycles. The predicted octanol–water partition coefficient (Wildman–Crippen LogP) is 3.22. The van der Waals surface area contributed by atoms with E-state index in [1.807, 2.05) is 27.7 Å². The molecule has 1 aromatic heterocycles. The van der Waals surface area contributed by atoms with Crippen molar-refractivity contribution in [1.29, 1.82) is 0 Å². The number of aliphatic hydroxyl groups is 1. The predicted molar refractivity (Wildman–Crippen MR) is 75.2 cm³/mol. The number of aliphatic hydroxyl groups excluding tert-OH is 1. The van der Waals surface area contributed by atoms with Crippen LogP contribution in [0.15, 0.2) is 6.33 Å². The third kappa shape index (κ3) is 3.12. The summed E-state index contributed by atoms with van der Waals surface area (Å²) < 4.78 is 0. The molecule has 0 amide bonds. The average Bonchev–Trinajstić information content (AvgIpc) is 2.35. The van der Waals surface area contributed by atoms with Crippen molar-refractivity contribution in [2.75, 3.05) is 11.9 Å². The normalized spacial score (nSPS) is 11.9. The van der Waals surface area contributed by atoms with Crippen LogP contribution in [0.2, 0.25) is 5.15 Å². The summed E-state index contributed by atoms with van der Waals surface area (Å²) in [5, 5.41) is 13.4. The molecule has 0 bridgehead atoms. The largest absolute Gasteiger partial charge is 0.394 e. The highest BCUT2D eigenvalue weighted by Crippen LogP contribution is 2.31.